The van der Waals surface area contributed by atoms with Crippen LogP contribution in [0.2, 0.25) is 0 Å². The van der Waals surface area contributed by atoms with Gasteiger partial charge in [-0.1, -0.05) is 0 Å². The zero-order valence-corrected chi connectivity index (χ0v) is 20.1. The molecular weight excluding hydrogens is 434 g/mol. The smallest absolute Gasteiger partial charge is 0.317 e. The maximum Gasteiger partial charge on any atom is 0.317 e. The monoisotopic (exact) mass is 467 g/mol. The first-order chi connectivity index (χ1) is 16.3. The highest BCUT2D eigenvalue weighted by Crippen LogP contribution is 2.37. The molecule has 0 radical (unpaired) electrons. The number of nitrogens with zero attached hydrogens (tertiary/aromatic N) is 7. The molecule has 2 fully saturated rings. The molecule has 3 aliphatic rings. The maximum absolute atomic E-state index is 12.7. The van der Waals surface area contributed by atoms with E-state index in [9.17, 15) is 4.79 Å². The van der Waals surface area contributed by atoms with Gasteiger partial charge in [0.1, 0.15) is 5.82 Å². The molecule has 1 atom stereocenters. The van der Waals surface area contributed by atoms with E-state index >= 15 is 0 Å². The Bertz CT molecular complexity index is 1050. The largest absolute Gasteiger partial charge is 0.378 e. The van der Waals surface area contributed by atoms with Gasteiger partial charge in [-0.15, -0.1) is 0 Å². The van der Waals surface area contributed by atoms with Crippen LogP contribution in [-0.2, 0) is 11.2 Å². The predicted octanol–water partition coefficient (Wildman–Crippen LogP) is 1.30. The predicted molar refractivity (Wildman–Crippen MR) is 130 cm³/mol. The van der Waals surface area contributed by atoms with E-state index in [0.29, 0.717) is 25.7 Å². The minimum atomic E-state index is -0.258. The van der Waals surface area contributed by atoms with Crippen LogP contribution in [0.25, 0.3) is 11.3 Å². The van der Waals surface area contributed by atoms with E-state index in [4.69, 9.17) is 20.4 Å². The number of rotatable bonds is 3. The van der Waals surface area contributed by atoms with Gasteiger partial charge in [-0.05, 0) is 33.6 Å². The molecule has 5 rings (SSSR count). The van der Waals surface area contributed by atoms with Crippen LogP contribution in [0.15, 0.2) is 12.4 Å². The molecule has 182 valence electrons. The molecule has 5 heterocycles. The highest BCUT2D eigenvalue weighted by molar-refractivity contribution is 5.76. The van der Waals surface area contributed by atoms with Crippen LogP contribution in [0.1, 0.15) is 32.8 Å². The van der Waals surface area contributed by atoms with Gasteiger partial charge in [0.05, 0.1) is 18.9 Å². The second-order valence-corrected chi connectivity index (χ2v) is 10.1. The number of ether oxygens (including phenoxy) is 1. The summed E-state index contributed by atoms with van der Waals surface area (Å²) in [5, 5.41) is 3.08. The fourth-order valence-electron chi connectivity index (χ4n) is 4.81. The van der Waals surface area contributed by atoms with Crippen molar-refractivity contribution >= 4 is 23.7 Å². The van der Waals surface area contributed by atoms with Gasteiger partial charge in [0.2, 0.25) is 11.9 Å². The third-order valence-electron chi connectivity index (χ3n) is 6.46. The molecule has 2 aromatic heterocycles. The van der Waals surface area contributed by atoms with Crippen LogP contribution in [0, 0.1) is 0 Å². The van der Waals surface area contributed by atoms with Crippen molar-refractivity contribution in [2.75, 3.05) is 61.5 Å². The summed E-state index contributed by atoms with van der Waals surface area (Å²) in [6, 6.07) is 0.209. The molecule has 2 aromatic rings. The number of fused-ring (bicyclic) bond motifs is 1. The van der Waals surface area contributed by atoms with Crippen molar-refractivity contribution in [3.8, 4) is 11.3 Å². The van der Waals surface area contributed by atoms with Gasteiger partial charge in [-0.25, -0.2) is 19.7 Å². The maximum atomic E-state index is 12.7. The van der Waals surface area contributed by atoms with Gasteiger partial charge in [0.25, 0.3) is 0 Å². The van der Waals surface area contributed by atoms with Crippen LogP contribution in [0.5, 0.6) is 0 Å². The highest BCUT2D eigenvalue weighted by atomic mass is 16.5. The number of nitrogens with one attached hydrogen (secondary N) is 1. The van der Waals surface area contributed by atoms with E-state index in [0.717, 1.165) is 61.7 Å². The molecule has 0 spiro atoms. The molecule has 0 saturated carbocycles. The van der Waals surface area contributed by atoms with Gasteiger partial charge in [0.15, 0.2) is 0 Å². The van der Waals surface area contributed by atoms with Gasteiger partial charge >= 0.3 is 6.03 Å². The summed E-state index contributed by atoms with van der Waals surface area (Å²) in [5.41, 5.74) is 8.25. The summed E-state index contributed by atoms with van der Waals surface area (Å²) in [5.74, 6) is 1.89. The van der Waals surface area contributed by atoms with Crippen LogP contribution in [0.4, 0.5) is 22.5 Å². The molecule has 0 aromatic carbocycles. The Hall–Kier alpha value is -3.21. The molecule has 11 heteroatoms. The number of nitrogens with two attached hydrogens (primary N) is 1. The van der Waals surface area contributed by atoms with Crippen molar-refractivity contribution in [3.05, 3.63) is 18.0 Å². The topological polar surface area (TPSA) is 126 Å². The third-order valence-corrected chi connectivity index (χ3v) is 6.46. The number of nitrogen functional groups attached to an aromatic ring is 1. The van der Waals surface area contributed by atoms with E-state index in [1.54, 1.807) is 12.4 Å². The first-order valence-corrected chi connectivity index (χ1v) is 11.9. The van der Waals surface area contributed by atoms with Gasteiger partial charge in [0, 0.05) is 67.8 Å². The summed E-state index contributed by atoms with van der Waals surface area (Å²) in [7, 11) is 0. The number of aromatic nitrogens is 4. The minimum Gasteiger partial charge on any atom is -0.378 e. The number of morpholine rings is 1. The molecule has 3 aliphatic heterocycles. The van der Waals surface area contributed by atoms with Crippen LogP contribution >= 0.6 is 0 Å². The molecule has 0 aliphatic carbocycles. The quantitative estimate of drug-likeness (QED) is 0.687. The van der Waals surface area contributed by atoms with Crippen molar-refractivity contribution < 1.29 is 9.53 Å². The summed E-state index contributed by atoms with van der Waals surface area (Å²) in [6.07, 6.45) is 5.20. The number of carbonyl (C=O) groups is 1. The molecule has 3 N–H and O–H groups in total. The molecule has 2 amide bonds. The molecular formula is C23H33N9O2. The lowest BCUT2D eigenvalue weighted by atomic mass is 10.1. The zero-order chi connectivity index (χ0) is 23.9. The summed E-state index contributed by atoms with van der Waals surface area (Å²) in [4.78, 5) is 37.5. The Balaban J connectivity index is 1.45. The number of hydrogen-bond donors (Lipinski definition) is 2. The van der Waals surface area contributed by atoms with Crippen molar-refractivity contribution in [1.82, 2.24) is 30.2 Å². The first-order valence-electron chi connectivity index (χ1n) is 11.9. The summed E-state index contributed by atoms with van der Waals surface area (Å²) < 4.78 is 5.53. The van der Waals surface area contributed by atoms with Gasteiger partial charge in [-0.2, -0.15) is 4.98 Å². The molecule has 0 bridgehead atoms. The molecule has 11 nitrogen and oxygen atoms in total. The van der Waals surface area contributed by atoms with Crippen molar-refractivity contribution in [2.24, 2.45) is 0 Å². The van der Waals surface area contributed by atoms with Gasteiger partial charge < -0.3 is 30.5 Å². The Kier molecular flexibility index (Phi) is 5.88. The Morgan fingerprint density at radius 3 is 2.56 bits per heavy atom. The van der Waals surface area contributed by atoms with Crippen LogP contribution in [-0.4, -0.2) is 88.4 Å². The van der Waals surface area contributed by atoms with E-state index in [1.165, 1.54) is 0 Å². The lowest BCUT2D eigenvalue weighted by Gasteiger charge is -2.30. The van der Waals surface area contributed by atoms with Crippen LogP contribution in [0.3, 0.4) is 0 Å². The molecule has 2 saturated heterocycles. The average Bonchev–Trinajstić information content (AvgIpc) is 3.46. The fourth-order valence-corrected chi connectivity index (χ4v) is 4.81. The number of urea groups is 1. The van der Waals surface area contributed by atoms with Crippen molar-refractivity contribution in [3.63, 3.8) is 0 Å². The van der Waals surface area contributed by atoms with E-state index < -0.39 is 0 Å². The fraction of sp³-hybridized carbons (Fsp3) is 0.609. The van der Waals surface area contributed by atoms with Crippen LogP contribution < -0.4 is 20.9 Å². The lowest BCUT2D eigenvalue weighted by Crippen LogP contribution is -2.48. The standard InChI is InChI=1S/C23H33N9O2/c1-23(2,3)29-22(33)31-6-4-16(14-31)32-7-5-17-18(15-12-25-20(24)26-13-15)27-21(28-19(17)32)30-8-10-34-11-9-30/h12-13,16H,4-11,14H2,1-3H3,(H,29,33)(H2,24,25,26)/t16-/m1/s1. The molecule has 34 heavy (non-hydrogen) atoms. The van der Waals surface area contributed by atoms with Crippen molar-refractivity contribution in [1.29, 1.82) is 0 Å². The Morgan fingerprint density at radius 1 is 1.12 bits per heavy atom. The number of likely N-dealkylation sites (tertiary alicyclic amines) is 1. The SMILES string of the molecule is CC(C)(C)NC(=O)N1CC[C@@H](N2CCc3c(-c4cnc(N)nc4)nc(N4CCOCC4)nc32)C1. The molecule has 0 unspecified atom stereocenters. The van der Waals surface area contributed by atoms with Gasteiger partial charge in [-0.3, -0.25) is 0 Å². The number of anilines is 3. The first kappa shape index (κ1) is 22.6. The minimum absolute atomic E-state index is 0.00849. The summed E-state index contributed by atoms with van der Waals surface area (Å²) >= 11 is 0. The van der Waals surface area contributed by atoms with E-state index in [2.05, 4.69) is 25.1 Å². The highest BCUT2D eigenvalue weighted by Gasteiger charge is 2.37. The Morgan fingerprint density at radius 2 is 1.85 bits per heavy atom. The van der Waals surface area contributed by atoms with Crippen molar-refractivity contribution in [2.45, 2.75) is 45.2 Å². The zero-order valence-electron chi connectivity index (χ0n) is 20.1. The summed E-state index contributed by atoms with van der Waals surface area (Å²) in [6.45, 7) is 11.1. The second kappa shape index (κ2) is 8.86. The second-order valence-electron chi connectivity index (χ2n) is 10.1. The lowest BCUT2D eigenvalue weighted by molar-refractivity contribution is 0.122. The third kappa shape index (κ3) is 4.56. The number of hydrogen-bond acceptors (Lipinski definition) is 9. The number of amides is 2. The normalized spacial score (nSPS) is 20.6. The van der Waals surface area contributed by atoms with E-state index in [-0.39, 0.29) is 23.6 Å². The average molecular weight is 468 g/mol. The number of carbonyl (C=O) groups excluding carboxylic acids is 1. The van der Waals surface area contributed by atoms with E-state index in [1.807, 2.05) is 25.7 Å². The Labute approximate surface area is 199 Å².